The standard InChI is InChI=1S/C23H16N2O5S.C2H4O2/c1-29-15-7-4-6-14(11-15)19-18(21(27)22(28)25(19)23-24-9-10-31-23)20(26)17-12-13-5-2-3-8-16(13)30-17;1-2(3)4/h2-12,19,27H,1H3;1H3,(H,3,4). The number of aliphatic carboxylic acids is 1. The van der Waals surface area contributed by atoms with E-state index in [9.17, 15) is 14.7 Å². The lowest BCUT2D eigenvalue weighted by Crippen LogP contribution is -2.30. The number of thiazole rings is 1. The largest absolute Gasteiger partial charge is 0.503 e. The Morgan fingerprint density at radius 2 is 1.89 bits per heavy atom. The molecule has 10 heteroatoms. The van der Waals surface area contributed by atoms with E-state index in [0.29, 0.717) is 22.0 Å². The van der Waals surface area contributed by atoms with Crippen molar-refractivity contribution in [2.75, 3.05) is 12.0 Å². The summed E-state index contributed by atoms with van der Waals surface area (Å²) in [4.78, 5) is 41.1. The molecule has 1 unspecified atom stereocenters. The summed E-state index contributed by atoms with van der Waals surface area (Å²) >= 11 is 1.24. The molecule has 178 valence electrons. The second-order valence-electron chi connectivity index (χ2n) is 7.43. The molecule has 1 aliphatic heterocycles. The number of carbonyl (C=O) groups is 3. The fourth-order valence-corrected chi connectivity index (χ4v) is 4.39. The summed E-state index contributed by atoms with van der Waals surface area (Å²) in [5.74, 6) is -2.10. The molecule has 1 aliphatic rings. The molecule has 5 rings (SSSR count). The Bertz CT molecular complexity index is 1400. The molecule has 3 heterocycles. The zero-order chi connectivity index (χ0) is 25.1. The molecular weight excluding hydrogens is 472 g/mol. The molecule has 4 aromatic rings. The van der Waals surface area contributed by atoms with Crippen LogP contribution in [0.15, 0.2) is 81.9 Å². The highest BCUT2D eigenvalue weighted by atomic mass is 32.1. The predicted molar refractivity (Wildman–Crippen MR) is 129 cm³/mol. The van der Waals surface area contributed by atoms with Crippen LogP contribution in [0.1, 0.15) is 29.1 Å². The molecule has 2 aromatic carbocycles. The van der Waals surface area contributed by atoms with E-state index in [-0.39, 0.29) is 11.3 Å². The number of aliphatic hydroxyl groups excluding tert-OH is 1. The number of amides is 1. The number of aliphatic hydroxyl groups is 1. The van der Waals surface area contributed by atoms with Crippen molar-refractivity contribution in [3.8, 4) is 5.75 Å². The predicted octanol–water partition coefficient (Wildman–Crippen LogP) is 4.77. The number of methoxy groups -OCH3 is 1. The van der Waals surface area contributed by atoms with Gasteiger partial charge in [0.25, 0.3) is 11.9 Å². The Labute approximate surface area is 203 Å². The van der Waals surface area contributed by atoms with Gasteiger partial charge >= 0.3 is 0 Å². The lowest BCUT2D eigenvalue weighted by atomic mass is 9.95. The minimum atomic E-state index is -0.880. The number of carboxylic acids is 1. The first kappa shape index (κ1) is 23.7. The van der Waals surface area contributed by atoms with E-state index in [0.717, 1.165) is 12.3 Å². The number of ether oxygens (including phenoxy) is 1. The van der Waals surface area contributed by atoms with Crippen LogP contribution >= 0.6 is 11.3 Å². The number of fused-ring (bicyclic) bond motifs is 1. The first-order valence-corrected chi connectivity index (χ1v) is 11.2. The van der Waals surface area contributed by atoms with E-state index in [1.807, 2.05) is 12.1 Å². The number of ketones is 1. The number of hydrogen-bond acceptors (Lipinski definition) is 8. The number of aromatic nitrogens is 1. The maximum absolute atomic E-state index is 13.5. The van der Waals surface area contributed by atoms with E-state index < -0.39 is 29.5 Å². The summed E-state index contributed by atoms with van der Waals surface area (Å²) in [5, 5.41) is 21.0. The molecule has 0 bridgehead atoms. The Kier molecular flexibility index (Phi) is 6.65. The highest BCUT2D eigenvalue weighted by Gasteiger charge is 2.46. The van der Waals surface area contributed by atoms with Gasteiger partial charge in [-0.1, -0.05) is 30.3 Å². The van der Waals surface area contributed by atoms with Gasteiger partial charge in [-0.2, -0.15) is 0 Å². The van der Waals surface area contributed by atoms with Crippen LogP contribution in [0.3, 0.4) is 0 Å². The molecular formula is C25H20N2O7S. The molecule has 1 atom stereocenters. The molecule has 9 nitrogen and oxygen atoms in total. The van der Waals surface area contributed by atoms with Gasteiger partial charge < -0.3 is 19.4 Å². The van der Waals surface area contributed by atoms with Crippen molar-refractivity contribution in [2.45, 2.75) is 13.0 Å². The maximum Gasteiger partial charge on any atom is 0.300 e. The first-order valence-electron chi connectivity index (χ1n) is 10.3. The van der Waals surface area contributed by atoms with Crippen molar-refractivity contribution in [2.24, 2.45) is 0 Å². The average molecular weight is 493 g/mol. The summed E-state index contributed by atoms with van der Waals surface area (Å²) in [7, 11) is 1.53. The van der Waals surface area contributed by atoms with Gasteiger partial charge in [-0.15, -0.1) is 11.3 Å². The number of benzene rings is 2. The van der Waals surface area contributed by atoms with E-state index in [4.69, 9.17) is 19.1 Å². The lowest BCUT2D eigenvalue weighted by molar-refractivity contribution is -0.134. The van der Waals surface area contributed by atoms with Crippen LogP contribution in [0.4, 0.5) is 5.13 Å². The fourth-order valence-electron chi connectivity index (χ4n) is 3.72. The van der Waals surface area contributed by atoms with E-state index >= 15 is 0 Å². The number of hydrogen-bond donors (Lipinski definition) is 2. The molecule has 35 heavy (non-hydrogen) atoms. The Hall–Kier alpha value is -4.44. The third-order valence-corrected chi connectivity index (χ3v) is 5.91. The maximum atomic E-state index is 13.5. The van der Waals surface area contributed by atoms with Crippen LogP contribution in [0, 0.1) is 0 Å². The van der Waals surface area contributed by atoms with Crippen LogP contribution < -0.4 is 9.64 Å². The van der Waals surface area contributed by atoms with Crippen LogP contribution in [0.2, 0.25) is 0 Å². The fraction of sp³-hybridized carbons (Fsp3) is 0.120. The number of carbonyl (C=O) groups excluding carboxylic acids is 2. The second kappa shape index (κ2) is 9.82. The summed E-state index contributed by atoms with van der Waals surface area (Å²) in [6.07, 6.45) is 1.56. The number of Topliss-reactive ketones (excluding diaryl/α,β-unsaturated/α-hetero) is 1. The van der Waals surface area contributed by atoms with Crippen LogP contribution in [-0.4, -0.2) is 40.0 Å². The van der Waals surface area contributed by atoms with Gasteiger partial charge in [0, 0.05) is 23.9 Å². The number of anilines is 1. The van der Waals surface area contributed by atoms with Crippen molar-refractivity contribution < 1.29 is 33.8 Å². The van der Waals surface area contributed by atoms with Gasteiger partial charge in [-0.05, 0) is 29.8 Å². The molecule has 0 aliphatic carbocycles. The van der Waals surface area contributed by atoms with Crippen molar-refractivity contribution >= 4 is 45.1 Å². The molecule has 0 spiro atoms. The van der Waals surface area contributed by atoms with Gasteiger partial charge in [-0.25, -0.2) is 4.98 Å². The monoisotopic (exact) mass is 492 g/mol. The van der Waals surface area contributed by atoms with E-state index in [1.54, 1.807) is 54.0 Å². The molecule has 2 aromatic heterocycles. The summed E-state index contributed by atoms with van der Waals surface area (Å²) < 4.78 is 11.0. The topological polar surface area (TPSA) is 130 Å². The molecule has 0 saturated carbocycles. The Balaban J connectivity index is 0.000000672. The van der Waals surface area contributed by atoms with Crippen molar-refractivity contribution in [3.05, 3.63) is 88.8 Å². The highest BCUT2D eigenvalue weighted by molar-refractivity contribution is 7.13. The number of rotatable bonds is 5. The van der Waals surface area contributed by atoms with Crippen molar-refractivity contribution in [1.82, 2.24) is 4.98 Å². The third kappa shape index (κ3) is 4.64. The second-order valence-corrected chi connectivity index (χ2v) is 8.30. The highest BCUT2D eigenvalue weighted by Crippen LogP contribution is 2.43. The minimum absolute atomic E-state index is 0.0458. The SMILES string of the molecule is CC(=O)O.COc1cccc(C2C(C(=O)c3cc4ccccc4o3)=C(O)C(=O)N2c2nccs2)c1. The summed E-state index contributed by atoms with van der Waals surface area (Å²) in [6, 6.07) is 15.0. The van der Waals surface area contributed by atoms with Crippen LogP contribution in [0.25, 0.3) is 11.0 Å². The van der Waals surface area contributed by atoms with Crippen LogP contribution in [0.5, 0.6) is 5.75 Å². The van der Waals surface area contributed by atoms with Crippen molar-refractivity contribution in [3.63, 3.8) is 0 Å². The molecule has 0 radical (unpaired) electrons. The van der Waals surface area contributed by atoms with Gasteiger partial charge in [0.05, 0.1) is 18.7 Å². The zero-order valence-electron chi connectivity index (χ0n) is 18.7. The number of furan rings is 1. The number of para-hydroxylation sites is 1. The van der Waals surface area contributed by atoms with Gasteiger partial charge in [0.1, 0.15) is 11.3 Å². The normalized spacial score (nSPS) is 15.2. The number of nitrogens with zero attached hydrogens (tertiary/aromatic N) is 2. The summed E-state index contributed by atoms with van der Waals surface area (Å²) in [6.45, 7) is 1.08. The van der Waals surface area contributed by atoms with Crippen LogP contribution in [-0.2, 0) is 9.59 Å². The zero-order valence-corrected chi connectivity index (χ0v) is 19.5. The Morgan fingerprint density at radius 1 is 1.14 bits per heavy atom. The lowest BCUT2D eigenvalue weighted by Gasteiger charge is -2.24. The third-order valence-electron chi connectivity index (χ3n) is 5.14. The first-order chi connectivity index (χ1) is 16.8. The summed E-state index contributed by atoms with van der Waals surface area (Å²) in [5.41, 5.74) is 1.09. The Morgan fingerprint density at radius 3 is 2.54 bits per heavy atom. The smallest absolute Gasteiger partial charge is 0.300 e. The van der Waals surface area contributed by atoms with Crippen molar-refractivity contribution in [1.29, 1.82) is 0 Å². The average Bonchev–Trinajstić information content (AvgIpc) is 3.57. The number of carboxylic acid groups (broad SMARTS) is 1. The molecule has 2 N–H and O–H groups in total. The van der Waals surface area contributed by atoms with Gasteiger partial charge in [0.15, 0.2) is 16.7 Å². The van der Waals surface area contributed by atoms with E-state index in [2.05, 4.69) is 4.98 Å². The molecule has 1 amide bonds. The molecule has 0 fully saturated rings. The van der Waals surface area contributed by atoms with Gasteiger partial charge in [0.2, 0.25) is 5.78 Å². The quantitative estimate of drug-likeness (QED) is 0.381. The molecule has 0 saturated heterocycles. The minimum Gasteiger partial charge on any atom is -0.503 e. The van der Waals surface area contributed by atoms with Gasteiger partial charge in [-0.3, -0.25) is 19.3 Å². The van der Waals surface area contributed by atoms with E-state index in [1.165, 1.54) is 23.3 Å².